The molecule has 0 saturated carbocycles. The molecule has 1 atom stereocenters. The van der Waals surface area contributed by atoms with E-state index in [2.05, 4.69) is 9.72 Å². The van der Waals surface area contributed by atoms with Gasteiger partial charge in [-0.15, -0.1) is 0 Å². The first-order chi connectivity index (χ1) is 6.63. The van der Waals surface area contributed by atoms with Crippen LogP contribution in [-0.4, -0.2) is 18.1 Å². The second-order valence-electron chi connectivity index (χ2n) is 2.80. The Morgan fingerprint density at radius 2 is 2.43 bits per heavy atom. The van der Waals surface area contributed by atoms with Gasteiger partial charge in [-0.3, -0.25) is 4.79 Å². The summed E-state index contributed by atoms with van der Waals surface area (Å²) in [4.78, 5) is 14.3. The maximum atomic E-state index is 12.4. The molecule has 14 heavy (non-hydrogen) atoms. The zero-order chi connectivity index (χ0) is 10.6. The van der Waals surface area contributed by atoms with E-state index >= 15 is 0 Å². The number of carbonyl (C=O) groups excluding carboxylic acids is 1. The summed E-state index contributed by atoms with van der Waals surface area (Å²) in [6, 6.07) is 2.19. The molecule has 5 heteroatoms. The standard InChI is InChI=1S/C9H11FN2O2/c1-14-9(13)4-7(11)6-2-3-8(10)12-5-6/h2-3,5,7H,4,11H2,1H3/t7-/m1/s1. The second kappa shape index (κ2) is 4.66. The number of ether oxygens (including phenoxy) is 1. The van der Waals surface area contributed by atoms with Gasteiger partial charge in [0.15, 0.2) is 0 Å². The van der Waals surface area contributed by atoms with E-state index in [-0.39, 0.29) is 6.42 Å². The molecule has 0 aromatic carbocycles. The molecule has 1 aromatic rings. The predicted molar refractivity (Wildman–Crippen MR) is 47.8 cm³/mol. The fraction of sp³-hybridized carbons (Fsp3) is 0.333. The van der Waals surface area contributed by atoms with Crippen molar-refractivity contribution in [1.29, 1.82) is 0 Å². The van der Waals surface area contributed by atoms with Crippen LogP contribution in [-0.2, 0) is 9.53 Å². The number of halogens is 1. The van der Waals surface area contributed by atoms with Crippen LogP contribution in [0.5, 0.6) is 0 Å². The van der Waals surface area contributed by atoms with Gasteiger partial charge in [-0.2, -0.15) is 4.39 Å². The molecule has 1 rings (SSSR count). The number of esters is 1. The van der Waals surface area contributed by atoms with Gasteiger partial charge in [-0.1, -0.05) is 6.07 Å². The Kier molecular flexibility index (Phi) is 3.53. The molecular formula is C9H11FN2O2. The molecule has 0 aliphatic rings. The summed E-state index contributed by atoms with van der Waals surface area (Å²) in [5.41, 5.74) is 6.27. The van der Waals surface area contributed by atoms with Gasteiger partial charge in [0.1, 0.15) is 0 Å². The van der Waals surface area contributed by atoms with Crippen molar-refractivity contribution in [3.05, 3.63) is 29.8 Å². The highest BCUT2D eigenvalue weighted by Gasteiger charge is 2.11. The zero-order valence-corrected chi connectivity index (χ0v) is 7.74. The molecule has 0 fully saturated rings. The van der Waals surface area contributed by atoms with Crippen LogP contribution in [0.3, 0.4) is 0 Å². The second-order valence-corrected chi connectivity index (χ2v) is 2.80. The minimum atomic E-state index is -0.570. The Labute approximate surface area is 80.9 Å². The zero-order valence-electron chi connectivity index (χ0n) is 7.74. The van der Waals surface area contributed by atoms with Gasteiger partial charge in [0.2, 0.25) is 5.95 Å². The first-order valence-corrected chi connectivity index (χ1v) is 4.07. The first-order valence-electron chi connectivity index (χ1n) is 4.07. The largest absolute Gasteiger partial charge is 0.469 e. The van der Waals surface area contributed by atoms with Crippen LogP contribution in [0.1, 0.15) is 18.0 Å². The van der Waals surface area contributed by atoms with Gasteiger partial charge in [0.25, 0.3) is 0 Å². The van der Waals surface area contributed by atoms with Gasteiger partial charge in [0, 0.05) is 12.2 Å². The lowest BCUT2D eigenvalue weighted by atomic mass is 10.1. The Morgan fingerprint density at radius 3 is 2.93 bits per heavy atom. The number of rotatable bonds is 3. The fourth-order valence-corrected chi connectivity index (χ4v) is 0.987. The molecule has 76 valence electrons. The van der Waals surface area contributed by atoms with Crippen molar-refractivity contribution >= 4 is 5.97 Å². The first kappa shape index (κ1) is 10.6. The number of methoxy groups -OCH3 is 1. The average molecular weight is 198 g/mol. The number of aromatic nitrogens is 1. The van der Waals surface area contributed by atoms with E-state index in [9.17, 15) is 9.18 Å². The number of hydrogen-bond donors (Lipinski definition) is 1. The molecule has 4 nitrogen and oxygen atoms in total. The molecule has 0 spiro atoms. The smallest absolute Gasteiger partial charge is 0.307 e. The van der Waals surface area contributed by atoms with Crippen LogP contribution in [0.15, 0.2) is 18.3 Å². The molecule has 0 saturated heterocycles. The van der Waals surface area contributed by atoms with Crippen molar-refractivity contribution in [2.24, 2.45) is 5.73 Å². The van der Waals surface area contributed by atoms with Crippen molar-refractivity contribution in [2.45, 2.75) is 12.5 Å². The quantitative estimate of drug-likeness (QED) is 0.576. The monoisotopic (exact) mass is 198 g/mol. The molecule has 0 radical (unpaired) electrons. The minimum absolute atomic E-state index is 0.0593. The van der Waals surface area contributed by atoms with Crippen molar-refractivity contribution < 1.29 is 13.9 Å². The van der Waals surface area contributed by atoms with Crippen LogP contribution >= 0.6 is 0 Å². The predicted octanol–water partition coefficient (Wildman–Crippen LogP) is 0.784. The van der Waals surface area contributed by atoms with E-state index < -0.39 is 18.0 Å². The Morgan fingerprint density at radius 1 is 1.71 bits per heavy atom. The van der Waals surface area contributed by atoms with Crippen LogP contribution in [0.2, 0.25) is 0 Å². The highest BCUT2D eigenvalue weighted by Crippen LogP contribution is 2.13. The van der Waals surface area contributed by atoms with Gasteiger partial charge < -0.3 is 10.5 Å². The fourth-order valence-electron chi connectivity index (χ4n) is 0.987. The number of nitrogens with zero attached hydrogens (tertiary/aromatic N) is 1. The molecule has 0 bridgehead atoms. The topological polar surface area (TPSA) is 65.2 Å². The van der Waals surface area contributed by atoms with E-state index in [0.717, 1.165) is 0 Å². The molecule has 1 heterocycles. The third kappa shape index (κ3) is 2.77. The summed E-state index contributed by atoms with van der Waals surface area (Å²) in [6.07, 6.45) is 1.37. The lowest BCUT2D eigenvalue weighted by Crippen LogP contribution is -2.16. The molecule has 1 aromatic heterocycles. The van der Waals surface area contributed by atoms with E-state index in [1.165, 1.54) is 25.4 Å². The van der Waals surface area contributed by atoms with E-state index in [1.807, 2.05) is 0 Å². The highest BCUT2D eigenvalue weighted by atomic mass is 19.1. The van der Waals surface area contributed by atoms with Crippen LogP contribution < -0.4 is 5.73 Å². The summed E-state index contributed by atoms with van der Waals surface area (Å²) in [7, 11) is 1.29. The summed E-state index contributed by atoms with van der Waals surface area (Å²) in [5, 5.41) is 0. The molecule has 0 aliphatic heterocycles. The third-order valence-electron chi connectivity index (χ3n) is 1.79. The number of nitrogens with two attached hydrogens (primary N) is 1. The normalized spacial score (nSPS) is 12.2. The molecule has 0 aliphatic carbocycles. The summed E-state index contributed by atoms with van der Waals surface area (Å²) >= 11 is 0. The van der Waals surface area contributed by atoms with Crippen molar-refractivity contribution in [3.8, 4) is 0 Å². The average Bonchev–Trinajstić information content (AvgIpc) is 2.18. The van der Waals surface area contributed by atoms with Crippen LogP contribution in [0.25, 0.3) is 0 Å². The summed E-state index contributed by atoms with van der Waals surface area (Å²) in [5.74, 6) is -0.971. The van der Waals surface area contributed by atoms with Gasteiger partial charge in [-0.05, 0) is 11.6 Å². The molecule has 2 N–H and O–H groups in total. The van der Waals surface area contributed by atoms with Gasteiger partial charge in [-0.25, -0.2) is 4.98 Å². The Balaban J connectivity index is 2.65. The van der Waals surface area contributed by atoms with E-state index in [0.29, 0.717) is 5.56 Å². The molecule has 0 unspecified atom stereocenters. The maximum absolute atomic E-state index is 12.4. The maximum Gasteiger partial charge on any atom is 0.307 e. The highest BCUT2D eigenvalue weighted by molar-refractivity contribution is 5.70. The molecule has 0 amide bonds. The summed E-state index contributed by atoms with van der Waals surface area (Å²) < 4.78 is 16.9. The lowest BCUT2D eigenvalue weighted by molar-refractivity contribution is -0.141. The number of pyridine rings is 1. The number of carbonyl (C=O) groups is 1. The van der Waals surface area contributed by atoms with E-state index in [1.54, 1.807) is 0 Å². The SMILES string of the molecule is COC(=O)C[C@@H](N)c1ccc(F)nc1. The Hall–Kier alpha value is -1.49. The number of hydrogen-bond acceptors (Lipinski definition) is 4. The third-order valence-corrected chi connectivity index (χ3v) is 1.79. The van der Waals surface area contributed by atoms with Gasteiger partial charge >= 0.3 is 5.97 Å². The van der Waals surface area contributed by atoms with Crippen LogP contribution in [0, 0.1) is 5.95 Å². The summed E-state index contributed by atoms with van der Waals surface area (Å²) in [6.45, 7) is 0. The van der Waals surface area contributed by atoms with Crippen molar-refractivity contribution in [2.75, 3.05) is 7.11 Å². The van der Waals surface area contributed by atoms with Gasteiger partial charge in [0.05, 0.1) is 13.5 Å². The van der Waals surface area contributed by atoms with E-state index in [4.69, 9.17) is 5.73 Å². The Bertz CT molecular complexity index is 313. The lowest BCUT2D eigenvalue weighted by Gasteiger charge is -2.09. The molecular weight excluding hydrogens is 187 g/mol. The van der Waals surface area contributed by atoms with Crippen LogP contribution in [0.4, 0.5) is 4.39 Å². The van der Waals surface area contributed by atoms with Crippen molar-refractivity contribution in [1.82, 2.24) is 4.98 Å². The minimum Gasteiger partial charge on any atom is -0.469 e. The van der Waals surface area contributed by atoms with Crippen molar-refractivity contribution in [3.63, 3.8) is 0 Å².